The summed E-state index contributed by atoms with van der Waals surface area (Å²) >= 11 is 0. The van der Waals surface area contributed by atoms with Crippen LogP contribution < -0.4 is 10.4 Å². The Kier molecular flexibility index (Phi) is 3.62. The van der Waals surface area contributed by atoms with E-state index >= 15 is 0 Å². The van der Waals surface area contributed by atoms with Crippen LogP contribution in [0.5, 0.6) is 0 Å². The lowest BCUT2D eigenvalue weighted by atomic mass is 10.0. The first kappa shape index (κ1) is 16.5. The van der Waals surface area contributed by atoms with Gasteiger partial charge in [0, 0.05) is 11.1 Å². The molecule has 128 valence electrons. The maximum Gasteiger partial charge on any atom is 0.130 e. The molecule has 2 aromatic rings. The third-order valence-electron chi connectivity index (χ3n) is 5.83. The Balaban J connectivity index is 1.95. The van der Waals surface area contributed by atoms with E-state index in [-0.39, 0.29) is 23.5 Å². The summed E-state index contributed by atoms with van der Waals surface area (Å²) in [7, 11) is -2.11. The van der Waals surface area contributed by atoms with Gasteiger partial charge in [0.25, 0.3) is 0 Å². The fraction of sp³-hybridized carbons (Fsp3) is 0.273. The minimum atomic E-state index is -2.11. The topological polar surface area (TPSA) is 0 Å². The first-order chi connectivity index (χ1) is 11.8. The van der Waals surface area contributed by atoms with Crippen molar-refractivity contribution >= 4 is 30.6 Å². The van der Waals surface area contributed by atoms with Crippen molar-refractivity contribution in [3.8, 4) is 0 Å². The highest BCUT2D eigenvalue weighted by molar-refractivity contribution is 7.01. The lowest BCUT2D eigenvalue weighted by Crippen LogP contribution is -2.56. The van der Waals surface area contributed by atoms with Gasteiger partial charge in [0.05, 0.1) is 0 Å². The third-order valence-corrected chi connectivity index (χ3v) is 9.39. The van der Waals surface area contributed by atoms with E-state index in [1.165, 1.54) is 10.4 Å². The van der Waals surface area contributed by atoms with Crippen molar-refractivity contribution in [1.29, 1.82) is 0 Å². The van der Waals surface area contributed by atoms with Crippen molar-refractivity contribution in [2.45, 2.75) is 38.8 Å². The van der Waals surface area contributed by atoms with Crippen LogP contribution in [0.1, 0.15) is 47.9 Å². The Morgan fingerprint density at radius 2 is 1.12 bits per heavy atom. The van der Waals surface area contributed by atoms with Gasteiger partial charge in [-0.1, -0.05) is 73.8 Å². The van der Waals surface area contributed by atoms with Crippen molar-refractivity contribution < 1.29 is 8.78 Å². The zero-order valence-corrected chi connectivity index (χ0v) is 16.0. The Morgan fingerprint density at radius 1 is 0.720 bits per heavy atom. The zero-order chi connectivity index (χ0) is 17.9. The zero-order valence-electron chi connectivity index (χ0n) is 15.0. The van der Waals surface area contributed by atoms with Crippen LogP contribution in [-0.4, -0.2) is 8.07 Å². The summed E-state index contributed by atoms with van der Waals surface area (Å²) in [6, 6.07) is 7.12. The Labute approximate surface area is 148 Å². The van der Waals surface area contributed by atoms with Crippen LogP contribution >= 0.6 is 0 Å². The van der Waals surface area contributed by atoms with Crippen LogP contribution in [-0.2, 0) is 0 Å². The molecule has 0 bridgehead atoms. The van der Waals surface area contributed by atoms with E-state index < -0.39 is 8.07 Å². The summed E-state index contributed by atoms with van der Waals surface area (Å²) in [4.78, 5) is 0. The molecular weight excluding hydrogens is 330 g/mol. The first-order valence-corrected chi connectivity index (χ1v) is 11.8. The molecule has 2 aliphatic carbocycles. The SMILES string of the molecule is CC1C=Cc2c(F)ccc([Si](C)(C)c3ccc(F)c4c3C(C)C=C4)c21. The lowest BCUT2D eigenvalue weighted by molar-refractivity contribution is 0.623. The molecule has 2 unspecified atom stereocenters. The molecule has 0 spiro atoms. The largest absolute Gasteiger partial charge is 0.206 e. The molecule has 0 saturated heterocycles. The standard InChI is InChI=1S/C22H22F2Si/c1-13-5-7-15-17(23)9-11-19(21(13)15)25(3,4)20-12-10-18(24)16-8-6-14(2)22(16)20/h5-14H,1-4H3. The van der Waals surface area contributed by atoms with Crippen LogP contribution in [0.25, 0.3) is 12.2 Å². The maximum atomic E-state index is 14.3. The quantitative estimate of drug-likeness (QED) is 0.664. The number of fused-ring (bicyclic) bond motifs is 2. The number of rotatable bonds is 2. The van der Waals surface area contributed by atoms with Gasteiger partial charge in [-0.15, -0.1) is 0 Å². The van der Waals surface area contributed by atoms with Gasteiger partial charge in [-0.2, -0.15) is 0 Å². The molecule has 25 heavy (non-hydrogen) atoms. The average molecular weight is 353 g/mol. The molecule has 0 N–H and O–H groups in total. The predicted octanol–water partition coefficient (Wildman–Crippen LogP) is 5.05. The van der Waals surface area contributed by atoms with Crippen LogP contribution in [0.2, 0.25) is 13.1 Å². The highest BCUT2D eigenvalue weighted by atomic mass is 28.3. The monoisotopic (exact) mass is 352 g/mol. The fourth-order valence-corrected chi connectivity index (χ4v) is 7.81. The highest BCUT2D eigenvalue weighted by Gasteiger charge is 2.36. The van der Waals surface area contributed by atoms with Crippen LogP contribution in [0, 0.1) is 11.6 Å². The van der Waals surface area contributed by atoms with Crippen molar-refractivity contribution in [2.75, 3.05) is 0 Å². The fourth-order valence-electron chi connectivity index (χ4n) is 4.45. The van der Waals surface area contributed by atoms with E-state index in [1.807, 2.05) is 24.3 Å². The lowest BCUT2D eigenvalue weighted by Gasteiger charge is -2.31. The van der Waals surface area contributed by atoms with Gasteiger partial charge in [0.15, 0.2) is 0 Å². The molecule has 4 rings (SSSR count). The molecule has 2 atom stereocenters. The molecule has 0 heterocycles. The van der Waals surface area contributed by atoms with E-state index in [0.29, 0.717) is 0 Å². The van der Waals surface area contributed by atoms with Crippen LogP contribution in [0.4, 0.5) is 8.78 Å². The van der Waals surface area contributed by atoms with E-state index in [9.17, 15) is 8.78 Å². The summed E-state index contributed by atoms with van der Waals surface area (Å²) in [6.45, 7) is 8.83. The molecule has 2 aromatic carbocycles. The summed E-state index contributed by atoms with van der Waals surface area (Å²) in [6.07, 6.45) is 7.95. The van der Waals surface area contributed by atoms with E-state index in [2.05, 4.69) is 39.1 Å². The van der Waals surface area contributed by atoms with E-state index in [0.717, 1.165) is 22.3 Å². The highest BCUT2D eigenvalue weighted by Crippen LogP contribution is 2.34. The van der Waals surface area contributed by atoms with Gasteiger partial charge in [0.2, 0.25) is 0 Å². The normalized spacial score (nSPS) is 20.9. The number of hydrogen-bond donors (Lipinski definition) is 0. The second-order valence-corrected chi connectivity index (χ2v) is 12.1. The van der Waals surface area contributed by atoms with Gasteiger partial charge in [0.1, 0.15) is 19.7 Å². The van der Waals surface area contributed by atoms with Gasteiger partial charge < -0.3 is 0 Å². The minimum absolute atomic E-state index is 0.150. The Hall–Kier alpha value is -2.00. The van der Waals surface area contributed by atoms with Crippen LogP contribution in [0.15, 0.2) is 36.4 Å². The molecule has 3 heteroatoms. The molecule has 0 aromatic heterocycles. The summed E-state index contributed by atoms with van der Waals surface area (Å²) in [5.41, 5.74) is 3.70. The molecule has 2 aliphatic rings. The summed E-state index contributed by atoms with van der Waals surface area (Å²) < 4.78 is 28.5. The third kappa shape index (κ3) is 2.29. The molecule has 0 saturated carbocycles. The molecule has 0 amide bonds. The maximum absolute atomic E-state index is 14.3. The van der Waals surface area contributed by atoms with Crippen LogP contribution in [0.3, 0.4) is 0 Å². The minimum Gasteiger partial charge on any atom is -0.206 e. The summed E-state index contributed by atoms with van der Waals surface area (Å²) in [5, 5.41) is 2.52. The number of allylic oxidation sites excluding steroid dienone is 2. The van der Waals surface area contributed by atoms with Crippen molar-refractivity contribution in [3.63, 3.8) is 0 Å². The van der Waals surface area contributed by atoms with Gasteiger partial charge in [-0.25, -0.2) is 8.78 Å². The number of hydrogen-bond acceptors (Lipinski definition) is 0. The average Bonchev–Trinajstić information content (AvgIpc) is 3.14. The number of halogens is 2. The Bertz CT molecular complexity index is 862. The summed E-state index contributed by atoms with van der Waals surface area (Å²) in [5.74, 6) is 0.139. The van der Waals surface area contributed by atoms with Crippen molar-refractivity contribution in [3.05, 3.63) is 70.3 Å². The molecule has 0 fully saturated rings. The smallest absolute Gasteiger partial charge is 0.130 e. The van der Waals surface area contributed by atoms with E-state index in [4.69, 9.17) is 0 Å². The van der Waals surface area contributed by atoms with E-state index in [1.54, 1.807) is 12.1 Å². The van der Waals surface area contributed by atoms with Gasteiger partial charge in [-0.05, 0) is 35.1 Å². The van der Waals surface area contributed by atoms with Gasteiger partial charge >= 0.3 is 0 Å². The second-order valence-electron chi connectivity index (χ2n) is 7.77. The predicted molar refractivity (Wildman–Crippen MR) is 104 cm³/mol. The first-order valence-electron chi connectivity index (χ1n) is 8.84. The number of benzene rings is 2. The molecular formula is C22H22F2Si. The Morgan fingerprint density at radius 3 is 1.52 bits per heavy atom. The van der Waals surface area contributed by atoms with Gasteiger partial charge in [-0.3, -0.25) is 0 Å². The van der Waals surface area contributed by atoms with Crippen molar-refractivity contribution in [1.82, 2.24) is 0 Å². The van der Waals surface area contributed by atoms with Crippen molar-refractivity contribution in [2.24, 2.45) is 0 Å². The molecule has 0 nitrogen and oxygen atoms in total. The molecule has 0 aliphatic heterocycles. The second kappa shape index (κ2) is 5.50. The molecule has 0 radical (unpaired) electrons.